The van der Waals surface area contributed by atoms with Gasteiger partial charge >= 0.3 is 0 Å². The highest BCUT2D eigenvalue weighted by atomic mass is 35.5. The molecule has 102 valence electrons. The monoisotopic (exact) mass is 281 g/mol. The summed E-state index contributed by atoms with van der Waals surface area (Å²) >= 11 is 0. The molecule has 0 aromatic carbocycles. The Labute approximate surface area is 108 Å². The second-order valence-corrected chi connectivity index (χ2v) is 4.13. The van der Waals surface area contributed by atoms with Crippen molar-refractivity contribution < 1.29 is 18.1 Å². The van der Waals surface area contributed by atoms with Crippen molar-refractivity contribution in [2.24, 2.45) is 5.73 Å². The number of nitrogens with one attached hydrogen (secondary N) is 1. The molecular weight excluding hydrogens is 268 g/mol. The SMILES string of the molecule is Cl.NCC(F)(F)CNC(=O)c1cc(C2CC2)on1. The normalized spacial score (nSPS) is 15.1. The van der Waals surface area contributed by atoms with Gasteiger partial charge in [-0.15, -0.1) is 12.4 Å². The number of halogens is 3. The van der Waals surface area contributed by atoms with Crippen LogP contribution in [-0.4, -0.2) is 30.1 Å². The molecule has 3 N–H and O–H groups in total. The van der Waals surface area contributed by atoms with Crippen molar-refractivity contribution in [1.29, 1.82) is 0 Å². The lowest BCUT2D eigenvalue weighted by Crippen LogP contribution is -2.41. The van der Waals surface area contributed by atoms with Gasteiger partial charge in [-0.2, -0.15) is 0 Å². The molecule has 0 spiro atoms. The van der Waals surface area contributed by atoms with Crippen LogP contribution >= 0.6 is 12.4 Å². The van der Waals surface area contributed by atoms with E-state index in [4.69, 9.17) is 10.3 Å². The Balaban J connectivity index is 0.00000162. The smallest absolute Gasteiger partial charge is 0.277 e. The van der Waals surface area contributed by atoms with Crippen LogP contribution in [0.5, 0.6) is 0 Å². The highest BCUT2D eigenvalue weighted by Gasteiger charge is 2.30. The quantitative estimate of drug-likeness (QED) is 0.852. The van der Waals surface area contributed by atoms with E-state index in [0.29, 0.717) is 11.7 Å². The second-order valence-electron chi connectivity index (χ2n) is 4.13. The van der Waals surface area contributed by atoms with Crippen LogP contribution in [0.25, 0.3) is 0 Å². The molecule has 1 aliphatic rings. The molecule has 1 fully saturated rings. The average molecular weight is 282 g/mol. The lowest BCUT2D eigenvalue weighted by molar-refractivity contribution is 0.0117. The number of carbonyl (C=O) groups is 1. The van der Waals surface area contributed by atoms with Gasteiger partial charge in [-0.05, 0) is 12.8 Å². The Kier molecular flexibility index (Phi) is 4.64. The fraction of sp³-hybridized carbons (Fsp3) is 0.600. The maximum Gasteiger partial charge on any atom is 0.277 e. The van der Waals surface area contributed by atoms with Crippen LogP contribution in [0.3, 0.4) is 0 Å². The van der Waals surface area contributed by atoms with E-state index in [1.54, 1.807) is 0 Å². The van der Waals surface area contributed by atoms with Gasteiger partial charge in [0.1, 0.15) is 5.76 Å². The van der Waals surface area contributed by atoms with Crippen LogP contribution in [0.15, 0.2) is 10.6 Å². The van der Waals surface area contributed by atoms with Gasteiger partial charge in [0.2, 0.25) is 0 Å². The summed E-state index contributed by atoms with van der Waals surface area (Å²) in [5.74, 6) is -2.80. The predicted octanol–water partition coefficient (Wildman–Crippen LogP) is 1.30. The summed E-state index contributed by atoms with van der Waals surface area (Å²) in [5.41, 5.74) is 4.88. The molecular formula is C10H14ClF2N3O2. The van der Waals surface area contributed by atoms with E-state index in [1.165, 1.54) is 6.07 Å². The van der Waals surface area contributed by atoms with E-state index < -0.39 is 24.9 Å². The highest BCUT2D eigenvalue weighted by molar-refractivity contribution is 5.92. The van der Waals surface area contributed by atoms with Crippen molar-refractivity contribution >= 4 is 18.3 Å². The van der Waals surface area contributed by atoms with Crippen LogP contribution in [0, 0.1) is 0 Å². The van der Waals surface area contributed by atoms with Crippen LogP contribution in [0.4, 0.5) is 8.78 Å². The van der Waals surface area contributed by atoms with Crippen molar-refractivity contribution in [3.8, 4) is 0 Å². The van der Waals surface area contributed by atoms with Gasteiger partial charge in [0.15, 0.2) is 5.69 Å². The standard InChI is InChI=1S/C10H13F2N3O2.ClH/c11-10(12,4-13)5-14-9(16)7-3-8(17-15-7)6-1-2-6;/h3,6H,1-2,4-5,13H2,(H,14,16);1H. The van der Waals surface area contributed by atoms with E-state index in [-0.39, 0.29) is 18.1 Å². The van der Waals surface area contributed by atoms with E-state index >= 15 is 0 Å². The fourth-order valence-corrected chi connectivity index (χ4v) is 1.33. The largest absolute Gasteiger partial charge is 0.360 e. The van der Waals surface area contributed by atoms with Gasteiger partial charge < -0.3 is 15.6 Å². The van der Waals surface area contributed by atoms with Gasteiger partial charge in [-0.1, -0.05) is 5.16 Å². The van der Waals surface area contributed by atoms with Gasteiger partial charge in [0, 0.05) is 12.0 Å². The Bertz CT molecular complexity index is 421. The number of nitrogens with two attached hydrogens (primary N) is 1. The molecule has 1 heterocycles. The molecule has 18 heavy (non-hydrogen) atoms. The maximum absolute atomic E-state index is 12.8. The van der Waals surface area contributed by atoms with Crippen LogP contribution in [0.2, 0.25) is 0 Å². The molecule has 5 nitrogen and oxygen atoms in total. The Morgan fingerprint density at radius 1 is 1.61 bits per heavy atom. The summed E-state index contributed by atoms with van der Waals surface area (Å²) in [5, 5.41) is 5.61. The highest BCUT2D eigenvalue weighted by Crippen LogP contribution is 2.40. The molecule has 1 saturated carbocycles. The van der Waals surface area contributed by atoms with E-state index in [2.05, 4.69) is 10.5 Å². The molecule has 1 amide bonds. The minimum absolute atomic E-state index is 0. The Morgan fingerprint density at radius 2 is 2.28 bits per heavy atom. The van der Waals surface area contributed by atoms with Crippen molar-refractivity contribution in [1.82, 2.24) is 10.5 Å². The van der Waals surface area contributed by atoms with Crippen LogP contribution < -0.4 is 11.1 Å². The third-order valence-corrected chi connectivity index (χ3v) is 2.55. The first-order valence-electron chi connectivity index (χ1n) is 5.34. The molecule has 0 aliphatic heterocycles. The molecule has 1 aliphatic carbocycles. The molecule has 0 unspecified atom stereocenters. The molecule has 2 rings (SSSR count). The van der Waals surface area contributed by atoms with Gasteiger partial charge in [-0.25, -0.2) is 8.78 Å². The molecule has 0 atom stereocenters. The molecule has 0 radical (unpaired) electrons. The van der Waals surface area contributed by atoms with Gasteiger partial charge in [-0.3, -0.25) is 4.79 Å². The van der Waals surface area contributed by atoms with Crippen molar-refractivity contribution in [2.75, 3.05) is 13.1 Å². The van der Waals surface area contributed by atoms with E-state index in [1.807, 2.05) is 0 Å². The minimum Gasteiger partial charge on any atom is -0.360 e. The van der Waals surface area contributed by atoms with Crippen molar-refractivity contribution in [3.05, 3.63) is 17.5 Å². The summed E-state index contributed by atoms with van der Waals surface area (Å²) in [4.78, 5) is 11.5. The number of rotatable bonds is 5. The van der Waals surface area contributed by atoms with E-state index in [0.717, 1.165) is 12.8 Å². The number of nitrogens with zero attached hydrogens (tertiary/aromatic N) is 1. The molecule has 8 heteroatoms. The van der Waals surface area contributed by atoms with Gasteiger partial charge in [0.25, 0.3) is 11.8 Å². The minimum atomic E-state index is -3.10. The first-order chi connectivity index (χ1) is 8.02. The molecule has 1 aromatic rings. The third-order valence-electron chi connectivity index (χ3n) is 2.55. The zero-order valence-electron chi connectivity index (χ0n) is 9.49. The average Bonchev–Trinajstić information content (AvgIpc) is 3.04. The summed E-state index contributed by atoms with van der Waals surface area (Å²) in [7, 11) is 0. The number of alkyl halides is 2. The first kappa shape index (κ1) is 14.8. The van der Waals surface area contributed by atoms with Crippen molar-refractivity contribution in [3.63, 3.8) is 0 Å². The topological polar surface area (TPSA) is 81.1 Å². The number of aromatic nitrogens is 1. The molecule has 0 bridgehead atoms. The first-order valence-corrected chi connectivity index (χ1v) is 5.34. The summed E-state index contributed by atoms with van der Waals surface area (Å²) in [6, 6.07) is 1.49. The molecule has 1 aromatic heterocycles. The Hall–Kier alpha value is -1.21. The van der Waals surface area contributed by atoms with Gasteiger partial charge in [0.05, 0.1) is 13.1 Å². The summed E-state index contributed by atoms with van der Waals surface area (Å²) in [6.07, 6.45) is 2.03. The van der Waals surface area contributed by atoms with E-state index in [9.17, 15) is 13.6 Å². The summed E-state index contributed by atoms with van der Waals surface area (Å²) < 4.78 is 30.5. The fourth-order valence-electron chi connectivity index (χ4n) is 1.33. The number of amides is 1. The van der Waals surface area contributed by atoms with Crippen LogP contribution in [-0.2, 0) is 0 Å². The zero-order valence-corrected chi connectivity index (χ0v) is 10.3. The lowest BCUT2D eigenvalue weighted by atomic mass is 10.2. The maximum atomic E-state index is 12.8. The number of hydrogen-bond donors (Lipinski definition) is 2. The predicted molar refractivity (Wildman–Crippen MR) is 62.1 cm³/mol. The van der Waals surface area contributed by atoms with Crippen molar-refractivity contribution in [2.45, 2.75) is 24.7 Å². The number of carbonyl (C=O) groups excluding carboxylic acids is 1. The third kappa shape index (κ3) is 3.64. The zero-order chi connectivity index (χ0) is 12.5. The Morgan fingerprint density at radius 3 is 2.83 bits per heavy atom. The number of hydrogen-bond acceptors (Lipinski definition) is 4. The lowest BCUT2D eigenvalue weighted by Gasteiger charge is -2.13. The van der Waals surface area contributed by atoms with Crippen LogP contribution in [0.1, 0.15) is 35.0 Å². The molecule has 0 saturated heterocycles. The summed E-state index contributed by atoms with van der Waals surface area (Å²) in [6.45, 7) is -1.60. The second kappa shape index (κ2) is 5.62.